The van der Waals surface area contributed by atoms with Gasteiger partial charge in [0, 0.05) is 16.7 Å². The maximum Gasteiger partial charge on any atom is 0.415 e. The topological polar surface area (TPSA) is 43.4 Å². The maximum absolute atomic E-state index is 13.4. The standard InChI is InChI=1S/C15H10ClF3O3/c1-6-3-4-8-10-9(6)12(21)11(20)7(2)13(10)22-5-14(8,16)15(17,18)19/h3-4H,5H2,1-2H3. The summed E-state index contributed by atoms with van der Waals surface area (Å²) >= 11 is 5.82. The number of carbonyl (C=O) groups excluding carboxylic acids is 2. The van der Waals surface area contributed by atoms with Crippen molar-refractivity contribution in [1.29, 1.82) is 0 Å². The van der Waals surface area contributed by atoms with E-state index >= 15 is 0 Å². The molecule has 0 fully saturated rings. The van der Waals surface area contributed by atoms with E-state index in [0.29, 0.717) is 5.56 Å². The van der Waals surface area contributed by atoms with Crippen LogP contribution in [-0.4, -0.2) is 24.3 Å². The molecule has 0 radical (unpaired) electrons. The molecule has 0 saturated heterocycles. The number of ether oxygens (including phenoxy) is 1. The van der Waals surface area contributed by atoms with E-state index in [1.165, 1.54) is 19.1 Å². The highest BCUT2D eigenvalue weighted by Crippen LogP contribution is 2.53. The SMILES string of the molecule is CC1=C2OCC(Cl)(C(F)(F)F)c3ccc(C)c(c32)C(=O)C1=O. The Kier molecular flexibility index (Phi) is 2.98. The van der Waals surface area contributed by atoms with E-state index in [2.05, 4.69) is 0 Å². The van der Waals surface area contributed by atoms with Crippen LogP contribution in [0.5, 0.6) is 0 Å². The van der Waals surface area contributed by atoms with Gasteiger partial charge in [0.15, 0.2) is 4.87 Å². The van der Waals surface area contributed by atoms with Crippen LogP contribution in [0.3, 0.4) is 0 Å². The Balaban J connectivity index is 2.43. The summed E-state index contributed by atoms with van der Waals surface area (Å²) in [6.45, 7) is 2.07. The average molecular weight is 331 g/mol. The molecule has 7 heteroatoms. The second kappa shape index (κ2) is 4.35. The van der Waals surface area contributed by atoms with Crippen LogP contribution in [0, 0.1) is 6.92 Å². The molecule has 1 unspecified atom stereocenters. The molecule has 116 valence electrons. The number of benzene rings is 1. The van der Waals surface area contributed by atoms with Gasteiger partial charge in [-0.1, -0.05) is 12.1 Å². The summed E-state index contributed by atoms with van der Waals surface area (Å²) in [5.74, 6) is -1.59. The van der Waals surface area contributed by atoms with E-state index in [1.807, 2.05) is 0 Å². The number of hydrogen-bond acceptors (Lipinski definition) is 3. The Hall–Kier alpha value is -1.82. The molecule has 0 spiro atoms. The van der Waals surface area contributed by atoms with E-state index in [4.69, 9.17) is 16.3 Å². The van der Waals surface area contributed by atoms with Crippen molar-refractivity contribution < 1.29 is 27.5 Å². The third-order valence-electron chi connectivity index (χ3n) is 4.05. The Morgan fingerprint density at radius 1 is 1.14 bits per heavy atom. The predicted octanol–water partition coefficient (Wildman–Crippen LogP) is 3.52. The molecule has 0 aromatic heterocycles. The fourth-order valence-electron chi connectivity index (χ4n) is 2.80. The second-order valence-electron chi connectivity index (χ2n) is 5.38. The van der Waals surface area contributed by atoms with Gasteiger partial charge in [0.1, 0.15) is 12.4 Å². The minimum atomic E-state index is -4.76. The molecule has 1 aromatic rings. The number of rotatable bonds is 0. The lowest BCUT2D eigenvalue weighted by Crippen LogP contribution is -2.45. The molecule has 1 aliphatic heterocycles. The summed E-state index contributed by atoms with van der Waals surface area (Å²) in [5, 5.41) is 0. The number of halogens is 4. The molecule has 2 aliphatic rings. The lowest BCUT2D eigenvalue weighted by molar-refractivity contribution is -0.175. The summed E-state index contributed by atoms with van der Waals surface area (Å²) in [4.78, 5) is 21.4. The van der Waals surface area contributed by atoms with Gasteiger partial charge in [-0.3, -0.25) is 9.59 Å². The van der Waals surface area contributed by atoms with Gasteiger partial charge in [0.05, 0.1) is 0 Å². The molecule has 1 aliphatic carbocycles. The minimum Gasteiger partial charge on any atom is -0.490 e. The monoisotopic (exact) mass is 330 g/mol. The quantitative estimate of drug-likeness (QED) is 0.540. The molecule has 0 bridgehead atoms. The first-order valence-electron chi connectivity index (χ1n) is 6.42. The van der Waals surface area contributed by atoms with Crippen LogP contribution in [0.25, 0.3) is 5.76 Å². The van der Waals surface area contributed by atoms with Crippen molar-refractivity contribution in [1.82, 2.24) is 0 Å². The number of carbonyl (C=O) groups is 2. The van der Waals surface area contributed by atoms with Gasteiger partial charge in [-0.2, -0.15) is 13.2 Å². The number of Topliss-reactive ketones (excluding diaryl/α,β-unsaturated/α-hetero) is 2. The van der Waals surface area contributed by atoms with E-state index in [0.717, 1.165) is 0 Å². The number of hydrogen-bond donors (Lipinski definition) is 0. The molecule has 3 rings (SSSR count). The fourth-order valence-corrected chi connectivity index (χ4v) is 3.02. The Labute approximate surface area is 128 Å². The molecule has 1 heterocycles. The highest BCUT2D eigenvalue weighted by molar-refractivity contribution is 6.52. The first-order valence-corrected chi connectivity index (χ1v) is 6.80. The van der Waals surface area contributed by atoms with Crippen LogP contribution in [0.4, 0.5) is 13.2 Å². The third-order valence-corrected chi connectivity index (χ3v) is 4.57. The molecule has 3 nitrogen and oxygen atoms in total. The number of allylic oxidation sites excluding steroid dienone is 1. The minimum absolute atomic E-state index is 0.00485. The van der Waals surface area contributed by atoms with Gasteiger partial charge < -0.3 is 4.74 Å². The third kappa shape index (κ3) is 1.70. The van der Waals surface area contributed by atoms with Crippen molar-refractivity contribution >= 4 is 28.9 Å². The first-order chi connectivity index (χ1) is 10.1. The average Bonchev–Trinajstić information content (AvgIpc) is 2.43. The van der Waals surface area contributed by atoms with Crippen LogP contribution >= 0.6 is 11.6 Å². The van der Waals surface area contributed by atoms with Crippen molar-refractivity contribution in [2.24, 2.45) is 0 Å². The van der Waals surface area contributed by atoms with Crippen molar-refractivity contribution in [3.05, 3.63) is 40.0 Å². The molecule has 22 heavy (non-hydrogen) atoms. The maximum atomic E-state index is 13.4. The van der Waals surface area contributed by atoms with Crippen molar-refractivity contribution in [3.8, 4) is 0 Å². The van der Waals surface area contributed by atoms with Crippen LogP contribution in [0.15, 0.2) is 17.7 Å². The van der Waals surface area contributed by atoms with Gasteiger partial charge in [-0.25, -0.2) is 0 Å². The Bertz CT molecular complexity index is 764. The van der Waals surface area contributed by atoms with Crippen molar-refractivity contribution in [2.75, 3.05) is 6.61 Å². The molecular weight excluding hydrogens is 321 g/mol. The summed E-state index contributed by atoms with van der Waals surface area (Å²) < 4.78 is 45.3. The molecule has 1 atom stereocenters. The van der Waals surface area contributed by atoms with Gasteiger partial charge in [0.2, 0.25) is 11.6 Å². The molecule has 0 saturated carbocycles. The van der Waals surface area contributed by atoms with Crippen LogP contribution in [0.2, 0.25) is 0 Å². The van der Waals surface area contributed by atoms with E-state index in [9.17, 15) is 22.8 Å². The van der Waals surface area contributed by atoms with E-state index in [1.54, 1.807) is 6.92 Å². The zero-order chi connectivity index (χ0) is 16.4. The molecular formula is C15H10ClF3O3. The van der Waals surface area contributed by atoms with E-state index < -0.39 is 29.2 Å². The van der Waals surface area contributed by atoms with Crippen LogP contribution < -0.4 is 0 Å². The number of ketones is 2. The van der Waals surface area contributed by atoms with Crippen LogP contribution in [0.1, 0.15) is 34.0 Å². The van der Waals surface area contributed by atoms with Gasteiger partial charge in [-0.05, 0) is 25.0 Å². The first kappa shape index (κ1) is 15.1. The van der Waals surface area contributed by atoms with Gasteiger partial charge in [0.25, 0.3) is 0 Å². The lowest BCUT2D eigenvalue weighted by Gasteiger charge is -2.38. The normalized spacial score (nSPS) is 24.3. The molecule has 0 N–H and O–H groups in total. The predicted molar refractivity (Wildman–Crippen MR) is 72.6 cm³/mol. The smallest absolute Gasteiger partial charge is 0.415 e. The van der Waals surface area contributed by atoms with Gasteiger partial charge in [-0.15, -0.1) is 11.6 Å². The highest BCUT2D eigenvalue weighted by atomic mass is 35.5. The zero-order valence-electron chi connectivity index (χ0n) is 11.6. The van der Waals surface area contributed by atoms with Crippen molar-refractivity contribution in [3.63, 3.8) is 0 Å². The van der Waals surface area contributed by atoms with Gasteiger partial charge >= 0.3 is 6.18 Å². The fraction of sp³-hybridized carbons (Fsp3) is 0.333. The second-order valence-corrected chi connectivity index (χ2v) is 6.03. The summed E-state index contributed by atoms with van der Waals surface area (Å²) in [6, 6.07) is 2.61. The highest BCUT2D eigenvalue weighted by Gasteiger charge is 2.60. The zero-order valence-corrected chi connectivity index (χ0v) is 12.4. The number of aryl methyl sites for hydroxylation is 1. The summed E-state index contributed by atoms with van der Waals surface area (Å²) in [5.41, 5.74) is 0.0977. The lowest BCUT2D eigenvalue weighted by atomic mass is 9.78. The summed E-state index contributed by atoms with van der Waals surface area (Å²) in [6.07, 6.45) is -4.76. The summed E-state index contributed by atoms with van der Waals surface area (Å²) in [7, 11) is 0. The van der Waals surface area contributed by atoms with Crippen molar-refractivity contribution in [2.45, 2.75) is 24.9 Å². The molecule has 1 aromatic carbocycles. The number of alkyl halides is 4. The Morgan fingerprint density at radius 3 is 2.36 bits per heavy atom. The largest absolute Gasteiger partial charge is 0.490 e. The van der Waals surface area contributed by atoms with E-state index in [-0.39, 0.29) is 28.0 Å². The van der Waals surface area contributed by atoms with Crippen LogP contribution in [-0.2, 0) is 14.4 Å². The Morgan fingerprint density at radius 2 is 1.77 bits per heavy atom. The molecule has 0 amide bonds.